The minimum Gasteiger partial charge on any atom is -0.352 e. The van der Waals surface area contributed by atoms with E-state index in [0.717, 1.165) is 6.42 Å². The van der Waals surface area contributed by atoms with E-state index in [1.165, 1.54) is 17.6 Å². The van der Waals surface area contributed by atoms with E-state index in [1.807, 2.05) is 0 Å². The fourth-order valence-electron chi connectivity index (χ4n) is 3.25. The van der Waals surface area contributed by atoms with Crippen LogP contribution in [0.4, 0.5) is 4.79 Å². The highest BCUT2D eigenvalue weighted by molar-refractivity contribution is 14.1. The zero-order chi connectivity index (χ0) is 12.0. The van der Waals surface area contributed by atoms with Crippen LogP contribution < -0.4 is 11.1 Å². The van der Waals surface area contributed by atoms with E-state index in [-0.39, 0.29) is 6.04 Å². The predicted molar refractivity (Wildman–Crippen MR) is 75.8 cm³/mol. The predicted octanol–water partition coefficient (Wildman–Crippen LogP) is 2.29. The minimum absolute atomic E-state index is 0.150. The molecule has 4 heteroatoms. The van der Waals surface area contributed by atoms with Crippen molar-refractivity contribution in [3.63, 3.8) is 0 Å². The number of alkyl halides is 1. The summed E-state index contributed by atoms with van der Waals surface area (Å²) in [6, 6.07) is -0.259. The summed E-state index contributed by atoms with van der Waals surface area (Å²) in [6.07, 6.45) is 11.1. The summed E-state index contributed by atoms with van der Waals surface area (Å²) in [5.74, 6) is 0.784. The molecule has 4 atom stereocenters. The molecule has 0 saturated heterocycles. The second kappa shape index (κ2) is 4.15. The standard InChI is InChI=1S/C13H15IN2O/c14-11-5-4-9-10(11)6-7-2-1-3-8(7)12(9)16-13(15)17/h1-3,6,8-9,11-12H,4-5H2,(H3,15,16,17). The average Bonchev–Trinajstić information content (AvgIpc) is 2.86. The quantitative estimate of drug-likeness (QED) is 0.558. The van der Waals surface area contributed by atoms with Crippen molar-refractivity contribution in [3.8, 4) is 0 Å². The Labute approximate surface area is 114 Å². The molecule has 3 nitrogen and oxygen atoms in total. The van der Waals surface area contributed by atoms with Gasteiger partial charge in [0.05, 0.1) is 0 Å². The molecule has 0 spiro atoms. The van der Waals surface area contributed by atoms with Crippen molar-refractivity contribution >= 4 is 28.6 Å². The lowest BCUT2D eigenvalue weighted by molar-refractivity contribution is 0.237. The summed E-state index contributed by atoms with van der Waals surface area (Å²) in [4.78, 5) is 11.2. The molecule has 4 unspecified atom stereocenters. The number of rotatable bonds is 1. The third-order valence-corrected chi connectivity index (χ3v) is 5.32. The van der Waals surface area contributed by atoms with Gasteiger partial charge in [0.25, 0.3) is 0 Å². The molecule has 0 bridgehead atoms. The van der Waals surface area contributed by atoms with Crippen LogP contribution in [0, 0.1) is 11.8 Å². The van der Waals surface area contributed by atoms with Crippen molar-refractivity contribution in [1.82, 2.24) is 5.32 Å². The fraction of sp³-hybridized carbons (Fsp3) is 0.462. The molecular formula is C13H15IN2O. The van der Waals surface area contributed by atoms with Gasteiger partial charge in [-0.3, -0.25) is 0 Å². The summed E-state index contributed by atoms with van der Waals surface area (Å²) in [5, 5.41) is 2.95. The number of fused-ring (bicyclic) bond motifs is 2. The Morgan fingerprint density at radius 3 is 3.06 bits per heavy atom. The van der Waals surface area contributed by atoms with Gasteiger partial charge < -0.3 is 11.1 Å². The van der Waals surface area contributed by atoms with Gasteiger partial charge in [-0.05, 0) is 18.4 Å². The molecule has 3 aliphatic carbocycles. The van der Waals surface area contributed by atoms with Crippen molar-refractivity contribution in [1.29, 1.82) is 0 Å². The molecule has 0 aromatic rings. The third-order valence-electron chi connectivity index (χ3n) is 3.98. The summed E-state index contributed by atoms with van der Waals surface area (Å²) in [7, 11) is 0. The number of primary amides is 1. The fourth-order valence-corrected chi connectivity index (χ4v) is 4.25. The first kappa shape index (κ1) is 11.3. The molecule has 1 saturated carbocycles. The number of hydrogen-bond donors (Lipinski definition) is 2. The number of carbonyl (C=O) groups is 1. The molecule has 2 amide bonds. The van der Waals surface area contributed by atoms with E-state index in [0.29, 0.717) is 15.8 Å². The molecule has 3 aliphatic rings. The van der Waals surface area contributed by atoms with Crippen molar-refractivity contribution in [2.75, 3.05) is 0 Å². The van der Waals surface area contributed by atoms with Gasteiger partial charge in [-0.2, -0.15) is 0 Å². The molecule has 0 radical (unpaired) electrons. The van der Waals surface area contributed by atoms with Crippen LogP contribution in [0.25, 0.3) is 0 Å². The van der Waals surface area contributed by atoms with E-state index in [4.69, 9.17) is 5.73 Å². The monoisotopic (exact) mass is 342 g/mol. The molecule has 0 aliphatic heterocycles. The van der Waals surface area contributed by atoms with Gasteiger partial charge >= 0.3 is 6.03 Å². The summed E-state index contributed by atoms with van der Waals surface area (Å²) in [6.45, 7) is 0. The Balaban J connectivity index is 1.97. The lowest BCUT2D eigenvalue weighted by Crippen LogP contribution is -2.48. The Bertz CT molecular complexity index is 452. The van der Waals surface area contributed by atoms with Crippen molar-refractivity contribution in [2.24, 2.45) is 17.6 Å². The molecule has 0 aromatic heterocycles. The van der Waals surface area contributed by atoms with E-state index < -0.39 is 6.03 Å². The van der Waals surface area contributed by atoms with Crippen LogP contribution in [0.3, 0.4) is 0 Å². The molecule has 90 valence electrons. The van der Waals surface area contributed by atoms with Crippen molar-refractivity contribution in [3.05, 3.63) is 35.5 Å². The van der Waals surface area contributed by atoms with Crippen LogP contribution in [0.15, 0.2) is 35.5 Å². The highest BCUT2D eigenvalue weighted by atomic mass is 127. The van der Waals surface area contributed by atoms with Crippen molar-refractivity contribution in [2.45, 2.75) is 22.8 Å². The molecular weight excluding hydrogens is 327 g/mol. The average molecular weight is 342 g/mol. The van der Waals surface area contributed by atoms with Crippen LogP contribution in [0.2, 0.25) is 0 Å². The third kappa shape index (κ3) is 1.82. The largest absolute Gasteiger partial charge is 0.352 e. The smallest absolute Gasteiger partial charge is 0.312 e. The van der Waals surface area contributed by atoms with Crippen LogP contribution in [0.1, 0.15) is 12.8 Å². The maximum atomic E-state index is 11.2. The maximum absolute atomic E-state index is 11.2. The van der Waals surface area contributed by atoms with E-state index in [1.54, 1.807) is 0 Å². The Kier molecular flexibility index (Phi) is 2.77. The Morgan fingerprint density at radius 2 is 2.29 bits per heavy atom. The first-order valence-corrected chi connectivity index (χ1v) is 7.21. The first-order valence-electron chi connectivity index (χ1n) is 5.96. The van der Waals surface area contributed by atoms with Crippen molar-refractivity contribution < 1.29 is 4.79 Å². The zero-order valence-corrected chi connectivity index (χ0v) is 11.6. The van der Waals surface area contributed by atoms with E-state index in [2.05, 4.69) is 52.2 Å². The molecule has 3 N–H and O–H groups in total. The number of amides is 2. The van der Waals surface area contributed by atoms with Crippen LogP contribution in [-0.2, 0) is 0 Å². The van der Waals surface area contributed by atoms with Gasteiger partial charge in [0.2, 0.25) is 0 Å². The van der Waals surface area contributed by atoms with Crippen LogP contribution >= 0.6 is 22.6 Å². The number of urea groups is 1. The van der Waals surface area contributed by atoms with E-state index >= 15 is 0 Å². The lowest BCUT2D eigenvalue weighted by Gasteiger charge is -2.35. The van der Waals surface area contributed by atoms with Gasteiger partial charge in [0.15, 0.2) is 0 Å². The molecule has 3 rings (SSSR count). The van der Waals surface area contributed by atoms with Gasteiger partial charge in [-0.1, -0.05) is 52.5 Å². The van der Waals surface area contributed by atoms with Gasteiger partial charge in [-0.25, -0.2) is 4.79 Å². The van der Waals surface area contributed by atoms with Gasteiger partial charge in [0.1, 0.15) is 0 Å². The normalized spacial score (nSPS) is 38.2. The Morgan fingerprint density at radius 1 is 1.47 bits per heavy atom. The van der Waals surface area contributed by atoms with Gasteiger partial charge in [-0.15, -0.1) is 0 Å². The Hall–Kier alpha value is -0.780. The van der Waals surface area contributed by atoms with Crippen LogP contribution in [0.5, 0.6) is 0 Å². The number of nitrogens with one attached hydrogen (secondary N) is 1. The number of nitrogens with two attached hydrogens (primary N) is 1. The molecule has 0 aromatic carbocycles. The minimum atomic E-state index is -0.409. The number of halogens is 1. The second-order valence-corrected chi connectivity index (χ2v) is 6.41. The first-order chi connectivity index (χ1) is 8.16. The highest BCUT2D eigenvalue weighted by Crippen LogP contribution is 2.47. The number of hydrogen-bond acceptors (Lipinski definition) is 1. The lowest BCUT2D eigenvalue weighted by atomic mass is 9.76. The van der Waals surface area contributed by atoms with Gasteiger partial charge in [0, 0.05) is 21.8 Å². The zero-order valence-electron chi connectivity index (χ0n) is 9.40. The second-order valence-electron chi connectivity index (χ2n) is 4.91. The summed E-state index contributed by atoms with van der Waals surface area (Å²) >= 11 is 2.50. The number of carbonyl (C=O) groups excluding carboxylic acids is 1. The molecule has 17 heavy (non-hydrogen) atoms. The SMILES string of the molecule is NC(=O)NC1C2C=CC=C2C=C2C(I)CCC21. The molecule has 1 fully saturated rings. The van der Waals surface area contributed by atoms with E-state index in [9.17, 15) is 4.79 Å². The highest BCUT2D eigenvalue weighted by Gasteiger charge is 2.42. The summed E-state index contributed by atoms with van der Waals surface area (Å²) in [5.41, 5.74) is 8.11. The number of allylic oxidation sites excluding steroid dienone is 3. The van der Waals surface area contributed by atoms with Crippen LogP contribution in [-0.4, -0.2) is 16.0 Å². The molecule has 0 heterocycles. The summed E-state index contributed by atoms with van der Waals surface area (Å²) < 4.78 is 0.609. The maximum Gasteiger partial charge on any atom is 0.312 e. The topological polar surface area (TPSA) is 55.1 Å².